The summed E-state index contributed by atoms with van der Waals surface area (Å²) >= 11 is 0. The van der Waals surface area contributed by atoms with E-state index < -0.39 is 0 Å². The molecule has 0 bridgehead atoms. The van der Waals surface area contributed by atoms with Gasteiger partial charge in [-0.25, -0.2) is 0 Å². The lowest BCUT2D eigenvalue weighted by Gasteiger charge is -2.10. The first kappa shape index (κ1) is 17.6. The lowest BCUT2D eigenvalue weighted by Crippen LogP contribution is -2.11. The molecule has 0 radical (unpaired) electrons. The highest BCUT2D eigenvalue weighted by atomic mass is 16.3. The third-order valence-electron chi connectivity index (χ3n) is 3.86. The maximum Gasteiger partial charge on any atom is 0.224 e. The van der Waals surface area contributed by atoms with Gasteiger partial charge in [-0.05, 0) is 42.9 Å². The number of para-hydroxylation sites is 1. The summed E-state index contributed by atoms with van der Waals surface area (Å²) in [5.74, 6) is -0.0406. The molecule has 0 fully saturated rings. The van der Waals surface area contributed by atoms with Gasteiger partial charge in [0.1, 0.15) is 5.75 Å². The smallest absolute Gasteiger partial charge is 0.224 e. The first-order valence-electron chi connectivity index (χ1n) is 8.22. The minimum Gasteiger partial charge on any atom is -0.505 e. The molecular weight excluding hydrogens is 300 g/mol. The fraction of sp³-hybridized carbons (Fsp3) is 0.300. The number of hydrogen-bond acceptors (Lipinski definition) is 3. The number of unbranched alkanes of at least 4 members (excludes halogenated alkanes) is 1. The molecule has 124 valence electrons. The van der Waals surface area contributed by atoms with Gasteiger partial charge in [0.25, 0.3) is 0 Å². The second-order valence-corrected chi connectivity index (χ2v) is 5.71. The van der Waals surface area contributed by atoms with E-state index in [4.69, 9.17) is 5.26 Å². The average molecular weight is 322 g/mol. The SMILES string of the molecule is N#CCCc1cccc(NC(=O)CCCCc2ccccc2)c1O. The van der Waals surface area contributed by atoms with Gasteiger partial charge in [-0.3, -0.25) is 4.79 Å². The van der Waals surface area contributed by atoms with Gasteiger partial charge >= 0.3 is 0 Å². The predicted molar refractivity (Wildman–Crippen MR) is 94.7 cm³/mol. The van der Waals surface area contributed by atoms with Crippen LogP contribution in [0.5, 0.6) is 5.75 Å². The van der Waals surface area contributed by atoms with E-state index in [2.05, 4.69) is 23.5 Å². The van der Waals surface area contributed by atoms with Crippen LogP contribution in [0.2, 0.25) is 0 Å². The largest absolute Gasteiger partial charge is 0.505 e. The van der Waals surface area contributed by atoms with Crippen molar-refractivity contribution in [2.75, 3.05) is 5.32 Å². The molecule has 4 heteroatoms. The highest BCUT2D eigenvalue weighted by Gasteiger charge is 2.09. The van der Waals surface area contributed by atoms with Crippen LogP contribution in [0.3, 0.4) is 0 Å². The highest BCUT2D eigenvalue weighted by Crippen LogP contribution is 2.28. The number of benzene rings is 2. The van der Waals surface area contributed by atoms with E-state index in [1.165, 1.54) is 5.56 Å². The summed E-state index contributed by atoms with van der Waals surface area (Å²) in [5.41, 5.74) is 2.37. The van der Waals surface area contributed by atoms with Gasteiger partial charge < -0.3 is 10.4 Å². The molecule has 0 aliphatic heterocycles. The molecule has 0 spiro atoms. The normalized spacial score (nSPS) is 10.1. The lowest BCUT2D eigenvalue weighted by atomic mass is 10.1. The van der Waals surface area contributed by atoms with Crippen molar-refractivity contribution >= 4 is 11.6 Å². The first-order valence-corrected chi connectivity index (χ1v) is 8.22. The minimum absolute atomic E-state index is 0.0605. The molecule has 0 saturated heterocycles. The molecule has 1 amide bonds. The molecule has 0 saturated carbocycles. The van der Waals surface area contributed by atoms with Crippen LogP contribution in [0, 0.1) is 11.3 Å². The number of phenolic OH excluding ortho intramolecular Hbond substituents is 1. The van der Waals surface area contributed by atoms with Gasteiger partial charge in [0.05, 0.1) is 11.8 Å². The quantitative estimate of drug-likeness (QED) is 0.565. The number of carbonyl (C=O) groups excluding carboxylic acids is 1. The van der Waals surface area contributed by atoms with Gasteiger partial charge in [0.15, 0.2) is 0 Å². The van der Waals surface area contributed by atoms with Crippen LogP contribution in [0.15, 0.2) is 48.5 Å². The summed E-state index contributed by atoms with van der Waals surface area (Å²) in [7, 11) is 0. The Morgan fingerprint density at radius 1 is 1.04 bits per heavy atom. The third-order valence-corrected chi connectivity index (χ3v) is 3.86. The fourth-order valence-corrected chi connectivity index (χ4v) is 2.56. The molecule has 4 nitrogen and oxygen atoms in total. The summed E-state index contributed by atoms with van der Waals surface area (Å²) in [4.78, 5) is 12.0. The molecule has 2 N–H and O–H groups in total. The standard InChI is InChI=1S/C20H22N2O2/c21-15-7-12-17-11-6-13-18(20(17)24)22-19(23)14-5-4-10-16-8-2-1-3-9-16/h1-3,6,8-9,11,13,24H,4-5,7,10,12,14H2,(H,22,23). The number of anilines is 1. The van der Waals surface area contributed by atoms with E-state index in [1.54, 1.807) is 18.2 Å². The Hall–Kier alpha value is -2.80. The van der Waals surface area contributed by atoms with Crippen molar-refractivity contribution in [1.29, 1.82) is 5.26 Å². The number of nitriles is 1. The molecule has 0 heterocycles. The topological polar surface area (TPSA) is 73.1 Å². The van der Waals surface area contributed by atoms with Crippen molar-refractivity contribution < 1.29 is 9.90 Å². The summed E-state index contributed by atoms with van der Waals surface area (Å²) in [6.07, 6.45) is 3.95. The van der Waals surface area contributed by atoms with E-state index in [0.717, 1.165) is 19.3 Å². The molecule has 0 atom stereocenters. The van der Waals surface area contributed by atoms with Gasteiger partial charge in [0.2, 0.25) is 5.91 Å². The number of carbonyl (C=O) groups is 1. The second-order valence-electron chi connectivity index (χ2n) is 5.71. The van der Waals surface area contributed by atoms with Crippen LogP contribution < -0.4 is 5.32 Å². The van der Waals surface area contributed by atoms with Crippen LogP contribution in [0.4, 0.5) is 5.69 Å². The lowest BCUT2D eigenvalue weighted by molar-refractivity contribution is -0.116. The monoisotopic (exact) mass is 322 g/mol. The molecule has 0 unspecified atom stereocenters. The number of rotatable bonds is 8. The number of nitrogens with zero attached hydrogens (tertiary/aromatic N) is 1. The fourth-order valence-electron chi connectivity index (χ4n) is 2.56. The molecule has 2 rings (SSSR count). The Balaban J connectivity index is 1.79. The zero-order valence-electron chi connectivity index (χ0n) is 13.7. The van der Waals surface area contributed by atoms with Crippen LogP contribution >= 0.6 is 0 Å². The maximum absolute atomic E-state index is 12.0. The van der Waals surface area contributed by atoms with Crippen molar-refractivity contribution in [2.24, 2.45) is 0 Å². The second kappa shape index (κ2) is 9.36. The Labute approximate surface area is 142 Å². The Morgan fingerprint density at radius 2 is 1.83 bits per heavy atom. The molecular formula is C20H22N2O2. The zero-order valence-corrected chi connectivity index (χ0v) is 13.7. The first-order chi connectivity index (χ1) is 11.7. The van der Waals surface area contributed by atoms with Gasteiger partial charge in [-0.1, -0.05) is 42.5 Å². The summed E-state index contributed by atoms with van der Waals surface area (Å²) < 4.78 is 0. The van der Waals surface area contributed by atoms with E-state index >= 15 is 0 Å². The number of phenols is 1. The highest BCUT2D eigenvalue weighted by molar-refractivity contribution is 5.92. The van der Waals surface area contributed by atoms with Crippen molar-refractivity contribution in [2.45, 2.75) is 38.5 Å². The third kappa shape index (κ3) is 5.44. The molecule has 0 aliphatic carbocycles. The van der Waals surface area contributed by atoms with Crippen molar-refractivity contribution in [3.05, 3.63) is 59.7 Å². The zero-order chi connectivity index (χ0) is 17.2. The van der Waals surface area contributed by atoms with Crippen LogP contribution in [-0.2, 0) is 17.6 Å². The Morgan fingerprint density at radius 3 is 2.58 bits per heavy atom. The molecule has 24 heavy (non-hydrogen) atoms. The maximum atomic E-state index is 12.0. The van der Waals surface area contributed by atoms with Crippen LogP contribution in [-0.4, -0.2) is 11.0 Å². The predicted octanol–water partition coefficient (Wildman–Crippen LogP) is 4.20. The summed E-state index contributed by atoms with van der Waals surface area (Å²) in [6, 6.07) is 17.5. The van der Waals surface area contributed by atoms with E-state index in [9.17, 15) is 9.90 Å². The molecule has 0 aliphatic rings. The minimum atomic E-state index is -0.101. The van der Waals surface area contributed by atoms with Crippen molar-refractivity contribution in [3.8, 4) is 11.8 Å². The van der Waals surface area contributed by atoms with Crippen molar-refractivity contribution in [3.63, 3.8) is 0 Å². The van der Waals surface area contributed by atoms with E-state index in [1.807, 2.05) is 18.2 Å². The van der Waals surface area contributed by atoms with Crippen LogP contribution in [0.25, 0.3) is 0 Å². The average Bonchev–Trinajstić information content (AvgIpc) is 2.60. The Bertz CT molecular complexity index is 705. The number of aromatic hydroxyl groups is 1. The molecule has 2 aromatic carbocycles. The number of hydrogen-bond donors (Lipinski definition) is 2. The summed E-state index contributed by atoms with van der Waals surface area (Å²) in [6.45, 7) is 0. The van der Waals surface area contributed by atoms with Gasteiger partial charge in [0, 0.05) is 12.8 Å². The number of nitrogens with one attached hydrogen (secondary N) is 1. The van der Waals surface area contributed by atoms with Crippen molar-refractivity contribution in [1.82, 2.24) is 0 Å². The van der Waals surface area contributed by atoms with E-state index in [0.29, 0.717) is 30.5 Å². The van der Waals surface area contributed by atoms with Gasteiger partial charge in [-0.15, -0.1) is 0 Å². The number of aryl methyl sites for hydroxylation is 2. The molecule has 0 aromatic heterocycles. The Kier molecular flexibility index (Phi) is 6.85. The van der Waals surface area contributed by atoms with Gasteiger partial charge in [-0.2, -0.15) is 5.26 Å². The number of amides is 1. The molecule has 2 aromatic rings. The van der Waals surface area contributed by atoms with Crippen LogP contribution in [0.1, 0.15) is 36.8 Å². The van der Waals surface area contributed by atoms with E-state index in [-0.39, 0.29) is 11.7 Å². The summed E-state index contributed by atoms with van der Waals surface area (Å²) in [5, 5.41) is 21.5.